The fraction of sp³-hybridized carbons (Fsp3) is 0.111. The van der Waals surface area contributed by atoms with Gasteiger partial charge in [-0.15, -0.1) is 0 Å². The molecule has 1 heterocycles. The lowest BCUT2D eigenvalue weighted by Gasteiger charge is -2.06. The van der Waals surface area contributed by atoms with Gasteiger partial charge in [0.2, 0.25) is 0 Å². The van der Waals surface area contributed by atoms with E-state index in [-0.39, 0.29) is 5.39 Å². The van der Waals surface area contributed by atoms with Crippen LogP contribution in [0.1, 0.15) is 5.56 Å². The lowest BCUT2D eigenvalue weighted by atomic mass is 10.1. The fourth-order valence-electron chi connectivity index (χ4n) is 1.18. The maximum Gasteiger partial charge on any atom is 0.417 e. The number of rotatable bonds is 0. The van der Waals surface area contributed by atoms with Gasteiger partial charge in [0.1, 0.15) is 0 Å². The minimum Gasteiger partial charge on any atom is -0.460 e. The third-order valence-electron chi connectivity index (χ3n) is 1.76. The lowest BCUT2D eigenvalue weighted by Crippen LogP contribution is -2.04. The van der Waals surface area contributed by atoms with Crippen LogP contribution in [0.5, 0.6) is 0 Å². The van der Waals surface area contributed by atoms with Gasteiger partial charge in [0.25, 0.3) is 0 Å². The van der Waals surface area contributed by atoms with E-state index in [0.29, 0.717) is 5.39 Å². The predicted molar refractivity (Wildman–Crippen MR) is 40.1 cm³/mol. The van der Waals surface area contributed by atoms with Gasteiger partial charge >= 0.3 is 6.18 Å². The van der Waals surface area contributed by atoms with Crippen LogP contribution < -0.4 is 0 Å². The average Bonchev–Trinajstić information content (AvgIpc) is 2.48. The first kappa shape index (κ1) is 8.16. The molecular formula is C9H4F3O. The number of hydrogen-bond donors (Lipinski definition) is 0. The van der Waals surface area contributed by atoms with Crippen LogP contribution in [0.25, 0.3) is 10.8 Å². The Morgan fingerprint density at radius 3 is 2.69 bits per heavy atom. The molecule has 67 valence electrons. The van der Waals surface area contributed by atoms with E-state index in [4.69, 9.17) is 0 Å². The van der Waals surface area contributed by atoms with Crippen LogP contribution in [0.4, 0.5) is 13.2 Å². The van der Waals surface area contributed by atoms with E-state index >= 15 is 0 Å². The van der Waals surface area contributed by atoms with Gasteiger partial charge in [-0.3, -0.25) is 0 Å². The van der Waals surface area contributed by atoms with Gasteiger partial charge in [0.05, 0.1) is 11.8 Å². The van der Waals surface area contributed by atoms with Crippen molar-refractivity contribution in [3.8, 4) is 0 Å². The van der Waals surface area contributed by atoms with Crippen LogP contribution in [0.15, 0.2) is 28.9 Å². The normalized spacial score (nSPS) is 12.2. The van der Waals surface area contributed by atoms with E-state index in [1.165, 1.54) is 12.1 Å². The van der Waals surface area contributed by atoms with Gasteiger partial charge in [-0.25, -0.2) is 0 Å². The van der Waals surface area contributed by atoms with Gasteiger partial charge in [-0.2, -0.15) is 13.2 Å². The molecule has 1 radical (unpaired) electrons. The second kappa shape index (κ2) is 2.52. The van der Waals surface area contributed by atoms with Crippen molar-refractivity contribution < 1.29 is 17.6 Å². The molecule has 0 bridgehead atoms. The van der Waals surface area contributed by atoms with Crippen molar-refractivity contribution in [3.63, 3.8) is 0 Å². The molecule has 0 spiro atoms. The molecule has 1 aromatic heterocycles. The molecule has 2 rings (SSSR count). The van der Waals surface area contributed by atoms with Crippen LogP contribution >= 0.6 is 0 Å². The summed E-state index contributed by atoms with van der Waals surface area (Å²) in [5, 5.41) is 0.393. The highest BCUT2D eigenvalue weighted by atomic mass is 19.4. The molecule has 0 aliphatic carbocycles. The highest BCUT2D eigenvalue weighted by Crippen LogP contribution is 2.34. The number of benzene rings is 1. The highest BCUT2D eigenvalue weighted by Gasteiger charge is 2.32. The minimum absolute atomic E-state index is 0.0509. The molecule has 13 heavy (non-hydrogen) atoms. The average molecular weight is 185 g/mol. The van der Waals surface area contributed by atoms with Gasteiger partial charge in [0, 0.05) is 10.8 Å². The summed E-state index contributed by atoms with van der Waals surface area (Å²) in [6.07, 6.45) is -0.925. The number of fused-ring (bicyclic) bond motifs is 1. The first-order valence-corrected chi connectivity index (χ1v) is 3.54. The number of halogens is 3. The van der Waals surface area contributed by atoms with Crippen LogP contribution in [-0.2, 0) is 6.18 Å². The summed E-state index contributed by atoms with van der Waals surface area (Å²) in [5.74, 6) is 0. The zero-order valence-electron chi connectivity index (χ0n) is 6.35. The monoisotopic (exact) mass is 185 g/mol. The van der Waals surface area contributed by atoms with Gasteiger partial charge in [-0.05, 0) is 6.07 Å². The Balaban J connectivity index is 2.75. The summed E-state index contributed by atoms with van der Waals surface area (Å²) in [7, 11) is 0. The molecule has 0 aliphatic rings. The smallest absolute Gasteiger partial charge is 0.417 e. The van der Waals surface area contributed by atoms with E-state index in [2.05, 4.69) is 10.7 Å². The Labute approximate surface area is 71.8 Å². The maximum atomic E-state index is 12.3. The van der Waals surface area contributed by atoms with Crippen LogP contribution in [0, 0.1) is 6.26 Å². The SMILES string of the molecule is FC(F)(F)c1cccc2[c]occ12. The molecule has 0 saturated heterocycles. The Morgan fingerprint density at radius 2 is 2.00 bits per heavy atom. The van der Waals surface area contributed by atoms with Crippen molar-refractivity contribution in [1.82, 2.24) is 0 Å². The summed E-state index contributed by atoms with van der Waals surface area (Å²) in [5.41, 5.74) is -0.685. The summed E-state index contributed by atoms with van der Waals surface area (Å²) in [6.45, 7) is 0. The van der Waals surface area contributed by atoms with E-state index < -0.39 is 11.7 Å². The van der Waals surface area contributed by atoms with Crippen molar-refractivity contribution in [3.05, 3.63) is 36.3 Å². The van der Waals surface area contributed by atoms with Crippen molar-refractivity contribution in [2.75, 3.05) is 0 Å². The number of alkyl halides is 3. The molecule has 2 aromatic rings. The quantitative estimate of drug-likeness (QED) is 0.614. The van der Waals surface area contributed by atoms with E-state index in [0.717, 1.165) is 12.3 Å². The van der Waals surface area contributed by atoms with Crippen LogP contribution in [0.3, 0.4) is 0 Å². The van der Waals surface area contributed by atoms with Crippen molar-refractivity contribution in [2.45, 2.75) is 6.18 Å². The Hall–Kier alpha value is -1.45. The summed E-state index contributed by atoms with van der Waals surface area (Å²) in [6, 6.07) is 3.87. The molecule has 0 saturated carbocycles. The fourth-order valence-corrected chi connectivity index (χ4v) is 1.18. The van der Waals surface area contributed by atoms with E-state index in [1.807, 2.05) is 0 Å². The van der Waals surface area contributed by atoms with Gasteiger partial charge in [0.15, 0.2) is 6.26 Å². The predicted octanol–water partition coefficient (Wildman–Crippen LogP) is 3.25. The standard InChI is InChI=1S/C9H4F3O/c10-9(11,12)8-3-1-2-6-4-13-5-7(6)8/h1-3,5H. The zero-order chi connectivity index (χ0) is 9.47. The van der Waals surface area contributed by atoms with E-state index in [1.54, 1.807) is 0 Å². The number of hydrogen-bond acceptors (Lipinski definition) is 1. The second-order valence-electron chi connectivity index (χ2n) is 2.60. The Kier molecular flexibility index (Phi) is 1.58. The van der Waals surface area contributed by atoms with Crippen molar-refractivity contribution >= 4 is 10.8 Å². The van der Waals surface area contributed by atoms with Crippen molar-refractivity contribution in [1.29, 1.82) is 0 Å². The Morgan fingerprint density at radius 1 is 1.23 bits per heavy atom. The molecule has 0 N–H and O–H groups in total. The molecule has 1 aromatic carbocycles. The Bertz CT molecular complexity index is 428. The molecule has 0 fully saturated rings. The number of furan rings is 1. The molecule has 0 atom stereocenters. The lowest BCUT2D eigenvalue weighted by molar-refractivity contribution is -0.136. The molecule has 0 amide bonds. The van der Waals surface area contributed by atoms with Gasteiger partial charge in [-0.1, -0.05) is 12.1 Å². The molecule has 0 unspecified atom stereocenters. The topological polar surface area (TPSA) is 13.1 Å². The van der Waals surface area contributed by atoms with Crippen molar-refractivity contribution in [2.24, 2.45) is 0 Å². The minimum atomic E-state index is -4.34. The zero-order valence-corrected chi connectivity index (χ0v) is 6.35. The molecule has 4 heteroatoms. The third-order valence-corrected chi connectivity index (χ3v) is 1.76. The molecule has 1 nitrogen and oxygen atoms in total. The van der Waals surface area contributed by atoms with Crippen LogP contribution in [0.2, 0.25) is 0 Å². The maximum absolute atomic E-state index is 12.3. The summed E-state index contributed by atoms with van der Waals surface area (Å²) < 4.78 is 41.6. The largest absolute Gasteiger partial charge is 0.460 e. The molecular weight excluding hydrogens is 181 g/mol. The summed E-state index contributed by atoms with van der Waals surface area (Å²) in [4.78, 5) is 0. The van der Waals surface area contributed by atoms with Crippen LogP contribution in [-0.4, -0.2) is 0 Å². The first-order valence-electron chi connectivity index (χ1n) is 3.54. The molecule has 0 aliphatic heterocycles. The highest BCUT2D eigenvalue weighted by molar-refractivity contribution is 5.84. The summed E-state index contributed by atoms with van der Waals surface area (Å²) >= 11 is 0. The first-order chi connectivity index (χ1) is 6.09. The van der Waals surface area contributed by atoms with E-state index in [9.17, 15) is 13.2 Å². The third kappa shape index (κ3) is 1.28. The second-order valence-corrected chi connectivity index (χ2v) is 2.60. The van der Waals surface area contributed by atoms with Gasteiger partial charge < -0.3 is 4.42 Å².